The van der Waals surface area contributed by atoms with Crippen molar-refractivity contribution in [2.75, 3.05) is 27.9 Å². The molecule has 0 spiro atoms. The van der Waals surface area contributed by atoms with Crippen molar-refractivity contribution in [3.8, 4) is 0 Å². The summed E-state index contributed by atoms with van der Waals surface area (Å²) in [5.74, 6) is -5.01. The van der Waals surface area contributed by atoms with Gasteiger partial charge >= 0.3 is 24.0 Å². The molecule has 0 aliphatic rings. The zero-order valence-corrected chi connectivity index (χ0v) is 18.6. The van der Waals surface area contributed by atoms with Gasteiger partial charge in [0.05, 0.1) is 46.2 Å². The van der Waals surface area contributed by atoms with Crippen molar-refractivity contribution in [3.05, 3.63) is 35.9 Å². The summed E-state index contributed by atoms with van der Waals surface area (Å²) in [6, 6.07) is 7.37. The Kier molecular flexibility index (Phi) is 11.9. The Balaban J connectivity index is 2.62. The smallest absolute Gasteiger partial charge is 0.407 e. The number of esters is 3. The molecule has 182 valence electrons. The molecule has 0 heterocycles. The maximum atomic E-state index is 12.3. The lowest BCUT2D eigenvalue weighted by molar-refractivity contribution is -0.159. The van der Waals surface area contributed by atoms with E-state index >= 15 is 0 Å². The van der Waals surface area contributed by atoms with Crippen molar-refractivity contribution in [3.63, 3.8) is 0 Å². The highest BCUT2D eigenvalue weighted by Crippen LogP contribution is 2.15. The van der Waals surface area contributed by atoms with Gasteiger partial charge in [0.15, 0.2) is 0 Å². The van der Waals surface area contributed by atoms with Gasteiger partial charge in [-0.3, -0.25) is 14.4 Å². The van der Waals surface area contributed by atoms with Crippen molar-refractivity contribution in [1.82, 2.24) is 10.6 Å². The van der Waals surface area contributed by atoms with Crippen LogP contribution >= 0.6 is 0 Å². The van der Waals surface area contributed by atoms with Crippen LogP contribution in [0.25, 0.3) is 0 Å². The number of alkyl carbamates (subject to hydrolysis) is 1. The number of aliphatic hydroxyl groups excluding tert-OH is 1. The standard InChI is InChI=1S/C21H28N2O10/c1-30-17(26)10-15(19(27)31-2)18(20(28)32-3)23-16(25)9-14(24)11-22-21(29)33-12-13-7-5-4-6-8-13/h4-8,14-15,18,24H,9-12H2,1-3H3,(H,22,29)(H,23,25)/t14-,15+,18-/m0/s1. The van der Waals surface area contributed by atoms with Gasteiger partial charge in [0.2, 0.25) is 5.91 Å². The minimum atomic E-state index is -1.56. The zero-order chi connectivity index (χ0) is 24.8. The number of rotatable bonds is 12. The van der Waals surface area contributed by atoms with E-state index in [9.17, 15) is 29.1 Å². The maximum absolute atomic E-state index is 12.3. The van der Waals surface area contributed by atoms with E-state index in [-0.39, 0.29) is 13.2 Å². The molecule has 0 radical (unpaired) electrons. The van der Waals surface area contributed by atoms with Crippen molar-refractivity contribution >= 4 is 29.9 Å². The third kappa shape index (κ3) is 9.99. The zero-order valence-electron chi connectivity index (χ0n) is 18.6. The van der Waals surface area contributed by atoms with Crippen LogP contribution in [0.3, 0.4) is 0 Å². The van der Waals surface area contributed by atoms with Crippen LogP contribution in [0, 0.1) is 5.92 Å². The summed E-state index contributed by atoms with van der Waals surface area (Å²) in [5.41, 5.74) is 0.772. The first-order valence-electron chi connectivity index (χ1n) is 9.86. The molecule has 0 aromatic heterocycles. The average Bonchev–Trinajstić information content (AvgIpc) is 2.82. The first-order valence-corrected chi connectivity index (χ1v) is 9.86. The molecule has 2 amide bonds. The van der Waals surface area contributed by atoms with Gasteiger partial charge in [0, 0.05) is 6.54 Å². The Morgan fingerprint density at radius 2 is 1.55 bits per heavy atom. The molecule has 0 fully saturated rings. The number of carbonyl (C=O) groups is 5. The lowest BCUT2D eigenvalue weighted by atomic mass is 9.95. The summed E-state index contributed by atoms with van der Waals surface area (Å²) in [5, 5.41) is 14.6. The minimum absolute atomic E-state index is 0.0270. The van der Waals surface area contributed by atoms with Crippen molar-refractivity contribution in [1.29, 1.82) is 0 Å². The minimum Gasteiger partial charge on any atom is -0.469 e. The van der Waals surface area contributed by atoms with Crippen LogP contribution in [-0.2, 0) is 44.7 Å². The van der Waals surface area contributed by atoms with E-state index < -0.39 is 60.8 Å². The number of hydrogen-bond donors (Lipinski definition) is 3. The van der Waals surface area contributed by atoms with E-state index in [2.05, 4.69) is 24.8 Å². The molecule has 0 saturated heterocycles. The van der Waals surface area contributed by atoms with E-state index in [0.717, 1.165) is 26.9 Å². The van der Waals surface area contributed by atoms with Crippen molar-refractivity contribution in [2.24, 2.45) is 5.92 Å². The third-order valence-electron chi connectivity index (χ3n) is 4.41. The Morgan fingerprint density at radius 1 is 0.909 bits per heavy atom. The van der Waals surface area contributed by atoms with Gasteiger partial charge in [-0.05, 0) is 5.56 Å². The number of aliphatic hydroxyl groups is 1. The van der Waals surface area contributed by atoms with E-state index in [4.69, 9.17) is 4.74 Å². The average molecular weight is 468 g/mol. The first-order chi connectivity index (χ1) is 15.7. The third-order valence-corrected chi connectivity index (χ3v) is 4.41. The van der Waals surface area contributed by atoms with E-state index in [1.165, 1.54) is 0 Å². The summed E-state index contributed by atoms with van der Waals surface area (Å²) in [4.78, 5) is 59.9. The van der Waals surface area contributed by atoms with Gasteiger partial charge in [-0.1, -0.05) is 30.3 Å². The molecule has 0 bridgehead atoms. The van der Waals surface area contributed by atoms with Gasteiger partial charge < -0.3 is 34.7 Å². The van der Waals surface area contributed by atoms with Crippen LogP contribution in [0.2, 0.25) is 0 Å². The van der Waals surface area contributed by atoms with Gasteiger partial charge in [0.1, 0.15) is 12.6 Å². The van der Waals surface area contributed by atoms with Crippen LogP contribution in [0.4, 0.5) is 4.79 Å². The molecule has 0 aliphatic heterocycles. The second kappa shape index (κ2) is 14.4. The molecule has 12 nitrogen and oxygen atoms in total. The quantitative estimate of drug-likeness (QED) is 0.273. The van der Waals surface area contributed by atoms with Crippen LogP contribution < -0.4 is 10.6 Å². The van der Waals surface area contributed by atoms with Gasteiger partial charge in [-0.2, -0.15) is 0 Å². The van der Waals surface area contributed by atoms with Crippen LogP contribution in [0.15, 0.2) is 30.3 Å². The topological polar surface area (TPSA) is 167 Å². The fourth-order valence-electron chi connectivity index (χ4n) is 2.70. The molecular weight excluding hydrogens is 440 g/mol. The largest absolute Gasteiger partial charge is 0.469 e. The lowest BCUT2D eigenvalue weighted by Gasteiger charge is -2.24. The van der Waals surface area contributed by atoms with Gasteiger partial charge in [0.25, 0.3) is 0 Å². The first kappa shape index (κ1) is 27.4. The molecule has 0 saturated carbocycles. The van der Waals surface area contributed by atoms with E-state index in [0.29, 0.717) is 0 Å². The molecular formula is C21H28N2O10. The Hall–Kier alpha value is -3.67. The van der Waals surface area contributed by atoms with E-state index in [1.54, 1.807) is 24.3 Å². The highest BCUT2D eigenvalue weighted by molar-refractivity contribution is 5.91. The summed E-state index contributed by atoms with van der Waals surface area (Å²) in [7, 11) is 3.18. The predicted octanol–water partition coefficient (Wildman–Crippen LogP) is -0.326. The number of ether oxygens (including phenoxy) is 4. The van der Waals surface area contributed by atoms with Gasteiger partial charge in [-0.25, -0.2) is 9.59 Å². The maximum Gasteiger partial charge on any atom is 0.407 e. The number of benzene rings is 1. The second-order valence-electron chi connectivity index (χ2n) is 6.78. The molecule has 12 heteroatoms. The Bertz CT molecular complexity index is 815. The Morgan fingerprint density at radius 3 is 2.12 bits per heavy atom. The Labute approximate surface area is 190 Å². The van der Waals surface area contributed by atoms with E-state index in [1.807, 2.05) is 6.07 Å². The fourth-order valence-corrected chi connectivity index (χ4v) is 2.70. The molecule has 3 atom stereocenters. The fraction of sp³-hybridized carbons (Fsp3) is 0.476. The normalized spacial score (nSPS) is 13.0. The summed E-state index contributed by atoms with van der Waals surface area (Å²) in [6.07, 6.45) is -3.21. The molecule has 0 unspecified atom stereocenters. The summed E-state index contributed by atoms with van der Waals surface area (Å²) < 4.78 is 18.7. The summed E-state index contributed by atoms with van der Waals surface area (Å²) >= 11 is 0. The number of methoxy groups -OCH3 is 3. The van der Waals surface area contributed by atoms with Crippen molar-refractivity contribution < 1.29 is 48.0 Å². The number of amides is 2. The SMILES string of the molecule is COC(=O)C[C@@H](C(=O)OC)[C@H](NC(=O)C[C@H](O)CNC(=O)OCc1ccccc1)C(=O)OC. The van der Waals surface area contributed by atoms with Crippen LogP contribution in [0.1, 0.15) is 18.4 Å². The number of hydrogen-bond acceptors (Lipinski definition) is 10. The number of carbonyl (C=O) groups excluding carboxylic acids is 5. The summed E-state index contributed by atoms with van der Waals surface area (Å²) in [6.45, 7) is -0.286. The van der Waals surface area contributed by atoms with Gasteiger partial charge in [-0.15, -0.1) is 0 Å². The molecule has 1 aromatic carbocycles. The highest BCUT2D eigenvalue weighted by atomic mass is 16.6. The second-order valence-corrected chi connectivity index (χ2v) is 6.78. The van der Waals surface area contributed by atoms with Crippen LogP contribution in [0.5, 0.6) is 0 Å². The molecule has 1 aromatic rings. The highest BCUT2D eigenvalue weighted by Gasteiger charge is 2.38. The van der Waals surface area contributed by atoms with Crippen molar-refractivity contribution in [2.45, 2.75) is 31.6 Å². The molecule has 3 N–H and O–H groups in total. The van der Waals surface area contributed by atoms with Crippen LogP contribution in [-0.4, -0.2) is 75.0 Å². The lowest BCUT2D eigenvalue weighted by Crippen LogP contribution is -2.51. The monoisotopic (exact) mass is 468 g/mol. The molecule has 0 aliphatic carbocycles. The molecule has 33 heavy (non-hydrogen) atoms. The predicted molar refractivity (Wildman–Crippen MR) is 111 cm³/mol. The number of nitrogens with one attached hydrogen (secondary N) is 2. The molecule has 1 rings (SSSR count).